The summed E-state index contributed by atoms with van der Waals surface area (Å²) >= 11 is 0. The van der Waals surface area contributed by atoms with Crippen LogP contribution in [0.5, 0.6) is 11.5 Å². The number of nitrogens with zero attached hydrogens (tertiary/aromatic N) is 4. The van der Waals surface area contributed by atoms with Crippen molar-refractivity contribution in [2.75, 3.05) is 51.8 Å². The van der Waals surface area contributed by atoms with Crippen molar-refractivity contribution < 1.29 is 9.47 Å². The second-order valence-electron chi connectivity index (χ2n) is 6.82. The Morgan fingerprint density at radius 3 is 2.32 bits per heavy atom. The molecule has 0 unspecified atom stereocenters. The molecule has 2 heterocycles. The maximum absolute atomic E-state index is 5.98. The third kappa shape index (κ3) is 2.77. The minimum Gasteiger partial charge on any atom is -0.493 e. The van der Waals surface area contributed by atoms with Crippen molar-refractivity contribution in [3.63, 3.8) is 0 Å². The average molecular weight is 343 g/mol. The molecular weight excluding hydrogens is 318 g/mol. The van der Waals surface area contributed by atoms with Gasteiger partial charge in [-0.2, -0.15) is 0 Å². The molecule has 1 saturated carbocycles. The van der Waals surface area contributed by atoms with Gasteiger partial charge in [-0.05, 0) is 18.9 Å². The lowest BCUT2D eigenvalue weighted by molar-refractivity contribution is 0.171. The number of nitrogens with two attached hydrogens (primary N) is 1. The number of rotatable bonds is 5. The van der Waals surface area contributed by atoms with E-state index in [0.29, 0.717) is 11.5 Å². The monoisotopic (exact) mass is 343 g/mol. The molecule has 0 atom stereocenters. The van der Waals surface area contributed by atoms with Crippen molar-refractivity contribution in [2.24, 2.45) is 5.73 Å². The minimum atomic E-state index is 0.274. The quantitative estimate of drug-likeness (QED) is 0.876. The van der Waals surface area contributed by atoms with Crippen LogP contribution in [0.4, 0.5) is 5.82 Å². The van der Waals surface area contributed by atoms with Crippen molar-refractivity contribution >= 4 is 16.7 Å². The molecule has 7 heteroatoms. The topological polar surface area (TPSA) is 76.7 Å². The summed E-state index contributed by atoms with van der Waals surface area (Å²) in [6.45, 7) is 4.71. The highest BCUT2D eigenvalue weighted by Gasteiger charge is 2.47. The Balaban J connectivity index is 1.61. The molecule has 2 aliphatic rings. The van der Waals surface area contributed by atoms with Gasteiger partial charge in [0.1, 0.15) is 12.1 Å². The number of hydrogen-bond donors (Lipinski definition) is 1. The van der Waals surface area contributed by atoms with Crippen LogP contribution in [0.2, 0.25) is 0 Å². The van der Waals surface area contributed by atoms with Gasteiger partial charge in [-0.1, -0.05) is 0 Å². The van der Waals surface area contributed by atoms with Crippen molar-refractivity contribution in [3.05, 3.63) is 18.5 Å². The number of benzene rings is 1. The molecule has 0 spiro atoms. The van der Waals surface area contributed by atoms with E-state index >= 15 is 0 Å². The fourth-order valence-corrected chi connectivity index (χ4v) is 3.81. The van der Waals surface area contributed by atoms with E-state index in [9.17, 15) is 0 Å². The third-order valence-corrected chi connectivity index (χ3v) is 5.58. The van der Waals surface area contributed by atoms with Crippen LogP contribution in [0.15, 0.2) is 18.5 Å². The molecule has 1 saturated heterocycles. The highest BCUT2D eigenvalue weighted by molar-refractivity contribution is 5.92. The van der Waals surface area contributed by atoms with E-state index in [1.807, 2.05) is 12.1 Å². The zero-order valence-corrected chi connectivity index (χ0v) is 14.9. The number of methoxy groups -OCH3 is 2. The lowest BCUT2D eigenvalue weighted by Crippen LogP contribution is -2.54. The maximum atomic E-state index is 5.98. The van der Waals surface area contributed by atoms with Crippen LogP contribution in [0.3, 0.4) is 0 Å². The van der Waals surface area contributed by atoms with Gasteiger partial charge in [0.2, 0.25) is 0 Å². The van der Waals surface area contributed by atoms with Gasteiger partial charge in [-0.3, -0.25) is 4.90 Å². The van der Waals surface area contributed by atoms with Gasteiger partial charge in [0.25, 0.3) is 0 Å². The molecule has 2 N–H and O–H groups in total. The predicted molar refractivity (Wildman–Crippen MR) is 97.4 cm³/mol. The van der Waals surface area contributed by atoms with Gasteiger partial charge in [0.05, 0.1) is 19.7 Å². The Morgan fingerprint density at radius 2 is 1.72 bits per heavy atom. The fraction of sp³-hybridized carbons (Fsp3) is 0.556. The molecule has 1 aliphatic heterocycles. The van der Waals surface area contributed by atoms with E-state index in [4.69, 9.17) is 15.2 Å². The lowest BCUT2D eigenvalue weighted by Gasteiger charge is -2.40. The molecular formula is C18H25N5O2. The normalized spacial score (nSPS) is 19.9. The summed E-state index contributed by atoms with van der Waals surface area (Å²) in [5, 5.41) is 0.994. The minimum absolute atomic E-state index is 0.274. The highest BCUT2D eigenvalue weighted by Crippen LogP contribution is 2.41. The first-order valence-electron chi connectivity index (χ1n) is 8.77. The number of ether oxygens (including phenoxy) is 2. The first-order valence-corrected chi connectivity index (χ1v) is 8.77. The molecule has 0 radical (unpaired) electrons. The zero-order valence-electron chi connectivity index (χ0n) is 14.9. The molecule has 1 aromatic carbocycles. The largest absolute Gasteiger partial charge is 0.493 e. The Labute approximate surface area is 147 Å². The second kappa shape index (κ2) is 6.31. The predicted octanol–water partition coefficient (Wildman–Crippen LogP) is 1.26. The van der Waals surface area contributed by atoms with Gasteiger partial charge >= 0.3 is 0 Å². The molecule has 0 bridgehead atoms. The Kier molecular flexibility index (Phi) is 4.13. The summed E-state index contributed by atoms with van der Waals surface area (Å²) in [7, 11) is 3.28. The average Bonchev–Trinajstić information content (AvgIpc) is 3.48. The van der Waals surface area contributed by atoms with Gasteiger partial charge < -0.3 is 20.1 Å². The number of hydrogen-bond acceptors (Lipinski definition) is 7. The van der Waals surface area contributed by atoms with Crippen LogP contribution in [0.1, 0.15) is 12.8 Å². The lowest BCUT2D eigenvalue weighted by atomic mass is 10.1. The Hall–Kier alpha value is -2.12. The number of aromatic nitrogens is 2. The van der Waals surface area contributed by atoms with Crippen LogP contribution < -0.4 is 20.1 Å². The van der Waals surface area contributed by atoms with E-state index in [1.54, 1.807) is 20.5 Å². The zero-order chi connectivity index (χ0) is 17.4. The molecule has 2 fully saturated rings. The molecule has 134 valence electrons. The first-order chi connectivity index (χ1) is 12.2. The SMILES string of the molecule is COc1cc2ncnc(N3CCN(C4(CN)CC4)CC3)c2cc1OC. The Morgan fingerprint density at radius 1 is 1.04 bits per heavy atom. The Bertz CT molecular complexity index is 769. The smallest absolute Gasteiger partial charge is 0.162 e. The van der Waals surface area contributed by atoms with Crippen molar-refractivity contribution in [2.45, 2.75) is 18.4 Å². The van der Waals surface area contributed by atoms with E-state index in [1.165, 1.54) is 12.8 Å². The van der Waals surface area contributed by atoms with Gasteiger partial charge in [0.15, 0.2) is 11.5 Å². The summed E-state index contributed by atoms with van der Waals surface area (Å²) in [4.78, 5) is 13.8. The van der Waals surface area contributed by atoms with E-state index in [-0.39, 0.29) is 5.54 Å². The first kappa shape index (κ1) is 16.4. The number of anilines is 1. The molecule has 25 heavy (non-hydrogen) atoms. The molecule has 2 aromatic rings. The van der Waals surface area contributed by atoms with E-state index in [2.05, 4.69) is 19.8 Å². The maximum Gasteiger partial charge on any atom is 0.162 e. The summed E-state index contributed by atoms with van der Waals surface area (Å²) in [6, 6.07) is 3.88. The van der Waals surface area contributed by atoms with E-state index < -0.39 is 0 Å². The molecule has 1 aromatic heterocycles. The molecule has 1 aliphatic carbocycles. The molecule has 7 nitrogen and oxygen atoms in total. The summed E-state index contributed by atoms with van der Waals surface area (Å²) < 4.78 is 10.8. The van der Waals surface area contributed by atoms with E-state index in [0.717, 1.165) is 49.4 Å². The van der Waals surface area contributed by atoms with Crippen molar-refractivity contribution in [3.8, 4) is 11.5 Å². The van der Waals surface area contributed by atoms with Crippen molar-refractivity contribution in [1.29, 1.82) is 0 Å². The molecule has 0 amide bonds. The van der Waals surface area contributed by atoms with Crippen LogP contribution in [0, 0.1) is 0 Å². The van der Waals surface area contributed by atoms with Crippen LogP contribution in [-0.2, 0) is 0 Å². The summed E-state index contributed by atoms with van der Waals surface area (Å²) in [5.74, 6) is 2.34. The highest BCUT2D eigenvalue weighted by atomic mass is 16.5. The van der Waals surface area contributed by atoms with Crippen LogP contribution >= 0.6 is 0 Å². The number of piperazine rings is 1. The standard InChI is InChI=1S/C18H25N5O2/c1-24-15-9-13-14(10-16(15)25-2)20-12-21-17(13)22-5-7-23(8-6-22)18(11-19)3-4-18/h9-10,12H,3-8,11,19H2,1-2H3. The van der Waals surface area contributed by atoms with Crippen LogP contribution in [-0.4, -0.2) is 67.4 Å². The summed E-state index contributed by atoms with van der Waals surface area (Å²) in [5.41, 5.74) is 7.12. The third-order valence-electron chi connectivity index (χ3n) is 5.58. The van der Waals surface area contributed by atoms with Crippen LogP contribution in [0.25, 0.3) is 10.9 Å². The van der Waals surface area contributed by atoms with Crippen molar-refractivity contribution in [1.82, 2.24) is 14.9 Å². The van der Waals surface area contributed by atoms with Gasteiger partial charge in [0, 0.05) is 49.7 Å². The van der Waals surface area contributed by atoms with Gasteiger partial charge in [-0.25, -0.2) is 9.97 Å². The molecule has 4 rings (SSSR count). The number of fused-ring (bicyclic) bond motifs is 1. The fourth-order valence-electron chi connectivity index (χ4n) is 3.81. The summed E-state index contributed by atoms with van der Waals surface area (Å²) in [6.07, 6.45) is 4.09. The van der Waals surface area contributed by atoms with Gasteiger partial charge in [-0.15, -0.1) is 0 Å². The second-order valence-corrected chi connectivity index (χ2v) is 6.82.